The molecule has 160 valence electrons. The Balaban J connectivity index is 0.00000272. The zero-order valence-corrected chi connectivity index (χ0v) is 21.3. The number of carbonyl (C=O) groups excluding carboxylic acids is 2. The molecule has 1 saturated heterocycles. The topological polar surface area (TPSA) is 85.7 Å². The van der Waals surface area contributed by atoms with E-state index in [2.05, 4.69) is 0 Å². The minimum Gasteiger partial charge on any atom is -0.545 e. The summed E-state index contributed by atoms with van der Waals surface area (Å²) in [6.07, 6.45) is 3.59. The second kappa shape index (κ2) is 9.70. The van der Waals surface area contributed by atoms with Crippen molar-refractivity contribution in [1.82, 2.24) is 9.47 Å². The van der Waals surface area contributed by atoms with E-state index in [0.717, 1.165) is 18.9 Å². The smallest absolute Gasteiger partial charge is 0.545 e. The molecule has 0 N–H and O–H groups in total. The summed E-state index contributed by atoms with van der Waals surface area (Å²) in [5.41, 5.74) is -0.272. The van der Waals surface area contributed by atoms with Gasteiger partial charge in [-0.1, -0.05) is 13.8 Å². The van der Waals surface area contributed by atoms with Gasteiger partial charge in [0, 0.05) is 50.2 Å². The molecule has 0 unspecified atom stereocenters. The summed E-state index contributed by atoms with van der Waals surface area (Å²) >= 11 is 0. The Hall–Kier alpha value is -1.26. The number of carboxylic acid groups (broad SMARTS) is 1. The third-order valence-electron chi connectivity index (χ3n) is 5.82. The Bertz CT molecular complexity index is 1070. The van der Waals surface area contributed by atoms with Gasteiger partial charge in [0.2, 0.25) is 5.91 Å². The van der Waals surface area contributed by atoms with Crippen molar-refractivity contribution in [3.63, 3.8) is 0 Å². The first-order valence-electron chi connectivity index (χ1n) is 10.4. The summed E-state index contributed by atoms with van der Waals surface area (Å²) in [4.78, 5) is 39.9. The Kier molecular flexibility index (Phi) is 7.63. The number of amides is 1. The summed E-state index contributed by atoms with van der Waals surface area (Å²) < 4.78 is 16.7. The number of hydrogen-bond donors (Lipinski definition) is 0. The molecule has 2 fully saturated rings. The number of fused-ring (bicyclic) bond motifs is 1. The van der Waals surface area contributed by atoms with Gasteiger partial charge in [-0.3, -0.25) is 9.59 Å². The Labute approximate surface area is 222 Å². The zero-order chi connectivity index (χ0) is 21.6. The van der Waals surface area contributed by atoms with Crippen molar-refractivity contribution in [3.05, 3.63) is 39.9 Å². The fraction of sp³-hybridized carbons (Fsp3) is 0.500. The molecule has 31 heavy (non-hydrogen) atoms. The molecule has 2 aliphatic rings. The molecule has 1 aliphatic heterocycles. The summed E-state index contributed by atoms with van der Waals surface area (Å²) in [5.74, 6) is -1.72. The molecule has 4 rings (SSSR count). The molecular weight excluding hydrogens is 428 g/mol. The predicted molar refractivity (Wildman–Crippen MR) is 109 cm³/mol. The number of carboxylic acids is 1. The van der Waals surface area contributed by atoms with E-state index in [-0.39, 0.29) is 68.7 Å². The minimum absolute atomic E-state index is 0. The van der Waals surface area contributed by atoms with Crippen molar-refractivity contribution >= 4 is 28.5 Å². The molecule has 0 bridgehead atoms. The number of halogens is 1. The van der Waals surface area contributed by atoms with Gasteiger partial charge in [-0.2, -0.15) is 0 Å². The predicted octanol–water partition coefficient (Wildman–Crippen LogP) is -1.46. The molecule has 2 aromatic rings. The minimum atomic E-state index is -1.55. The summed E-state index contributed by atoms with van der Waals surface area (Å²) in [6, 6.07) is 2.87. The number of hydrogen-bond acceptors (Lipinski definition) is 5. The molecule has 1 saturated carbocycles. The van der Waals surface area contributed by atoms with Gasteiger partial charge in [0.05, 0.1) is 22.7 Å². The van der Waals surface area contributed by atoms with E-state index in [9.17, 15) is 23.9 Å². The van der Waals surface area contributed by atoms with Crippen LogP contribution in [-0.4, -0.2) is 47.5 Å². The number of aromatic nitrogens is 1. The molecular formula is C22H25FKN3O4. The molecule has 1 aromatic heterocycles. The van der Waals surface area contributed by atoms with Crippen molar-refractivity contribution in [2.75, 3.05) is 31.1 Å². The van der Waals surface area contributed by atoms with Crippen molar-refractivity contribution in [2.24, 2.45) is 5.92 Å². The summed E-state index contributed by atoms with van der Waals surface area (Å²) in [5, 5.41) is 11.4. The fourth-order valence-electron chi connectivity index (χ4n) is 4.08. The van der Waals surface area contributed by atoms with Crippen LogP contribution in [0.3, 0.4) is 0 Å². The standard InChI is InChI=1S/C22H26FN3O4.K/c1-13(2)9-20(27)25-7-5-24(6-8-25)19-11-18-15(10-17(19)23)21(28)16(22(29)30)12-26(18)14-3-4-14;/h10-14H,3-9H2,1-2H3,(H,29,30);/q;+1/p-1. The van der Waals surface area contributed by atoms with Gasteiger partial charge in [-0.25, -0.2) is 4.39 Å². The van der Waals surface area contributed by atoms with Gasteiger partial charge in [-0.05, 0) is 30.9 Å². The Morgan fingerprint density at radius 2 is 1.81 bits per heavy atom. The van der Waals surface area contributed by atoms with E-state index in [1.54, 1.807) is 10.6 Å². The summed E-state index contributed by atoms with van der Waals surface area (Å²) in [6.45, 7) is 6.03. The van der Waals surface area contributed by atoms with Crippen LogP contribution < -0.4 is 66.8 Å². The van der Waals surface area contributed by atoms with E-state index in [4.69, 9.17) is 0 Å². The maximum atomic E-state index is 15.0. The van der Waals surface area contributed by atoms with Crippen LogP contribution in [-0.2, 0) is 4.79 Å². The number of aromatic carboxylic acids is 1. The molecule has 0 spiro atoms. The van der Waals surface area contributed by atoms with Gasteiger partial charge in [0.1, 0.15) is 5.82 Å². The van der Waals surface area contributed by atoms with Gasteiger partial charge in [-0.15, -0.1) is 0 Å². The molecule has 2 heterocycles. The average molecular weight is 454 g/mol. The van der Waals surface area contributed by atoms with Gasteiger partial charge in [0.25, 0.3) is 0 Å². The number of rotatable bonds is 5. The molecule has 0 atom stereocenters. The quantitative estimate of drug-likeness (QED) is 0.517. The number of carbonyl (C=O) groups is 2. The fourth-order valence-corrected chi connectivity index (χ4v) is 4.08. The van der Waals surface area contributed by atoms with E-state index in [1.165, 1.54) is 6.20 Å². The first-order valence-corrected chi connectivity index (χ1v) is 10.4. The van der Waals surface area contributed by atoms with Gasteiger partial charge >= 0.3 is 51.4 Å². The molecule has 0 radical (unpaired) electrons. The number of piperazine rings is 1. The van der Waals surface area contributed by atoms with E-state index in [0.29, 0.717) is 49.7 Å². The number of nitrogens with zero attached hydrogens (tertiary/aromatic N) is 3. The van der Waals surface area contributed by atoms with Crippen molar-refractivity contribution in [3.8, 4) is 0 Å². The zero-order valence-electron chi connectivity index (χ0n) is 18.2. The third-order valence-corrected chi connectivity index (χ3v) is 5.82. The first-order chi connectivity index (χ1) is 14.3. The van der Waals surface area contributed by atoms with Crippen LogP contribution in [0.4, 0.5) is 10.1 Å². The molecule has 1 aromatic carbocycles. The van der Waals surface area contributed by atoms with Crippen LogP contribution in [0.5, 0.6) is 0 Å². The SMILES string of the molecule is CC(C)CC(=O)N1CCN(c2cc3c(cc2F)c(=O)c(C(=O)[O-])cn3C2CC2)CC1.[K+]. The van der Waals surface area contributed by atoms with Crippen LogP contribution in [0.15, 0.2) is 23.1 Å². The molecule has 7 nitrogen and oxygen atoms in total. The normalized spacial score (nSPS) is 16.5. The molecule has 1 amide bonds. The van der Waals surface area contributed by atoms with Crippen molar-refractivity contribution in [1.29, 1.82) is 0 Å². The third kappa shape index (κ3) is 5.06. The number of pyridine rings is 1. The number of anilines is 1. The second-order valence-corrected chi connectivity index (χ2v) is 8.58. The van der Waals surface area contributed by atoms with Crippen LogP contribution in [0.1, 0.15) is 49.5 Å². The average Bonchev–Trinajstić information content (AvgIpc) is 3.53. The Morgan fingerprint density at radius 1 is 1.16 bits per heavy atom. The summed E-state index contributed by atoms with van der Waals surface area (Å²) in [7, 11) is 0. The van der Waals surface area contributed by atoms with E-state index in [1.807, 2.05) is 23.6 Å². The van der Waals surface area contributed by atoms with Crippen LogP contribution >= 0.6 is 0 Å². The maximum Gasteiger partial charge on any atom is 1.00 e. The van der Waals surface area contributed by atoms with Crippen molar-refractivity contribution < 1.29 is 70.5 Å². The maximum absolute atomic E-state index is 15.0. The molecule has 1 aliphatic carbocycles. The monoisotopic (exact) mass is 453 g/mol. The van der Waals surface area contributed by atoms with Crippen LogP contribution in [0, 0.1) is 11.7 Å². The van der Waals surface area contributed by atoms with Crippen LogP contribution in [0.2, 0.25) is 0 Å². The largest absolute Gasteiger partial charge is 1.00 e. The van der Waals surface area contributed by atoms with Gasteiger partial charge < -0.3 is 24.3 Å². The van der Waals surface area contributed by atoms with Crippen molar-refractivity contribution in [2.45, 2.75) is 39.2 Å². The van der Waals surface area contributed by atoms with Gasteiger partial charge in [0.15, 0.2) is 5.43 Å². The van der Waals surface area contributed by atoms with Crippen LogP contribution in [0.25, 0.3) is 10.9 Å². The second-order valence-electron chi connectivity index (χ2n) is 8.58. The molecule has 9 heteroatoms. The van der Waals surface area contributed by atoms with E-state index < -0.39 is 22.8 Å². The number of benzene rings is 1. The Morgan fingerprint density at radius 3 is 2.35 bits per heavy atom. The first kappa shape index (κ1) is 24.4. The van der Waals surface area contributed by atoms with E-state index >= 15 is 0 Å².